The molecule has 148 valence electrons. The third-order valence-electron chi connectivity index (χ3n) is 5.04. The Morgan fingerprint density at radius 1 is 1.10 bits per heavy atom. The van der Waals surface area contributed by atoms with E-state index in [1.54, 1.807) is 6.34 Å². The summed E-state index contributed by atoms with van der Waals surface area (Å²) in [4.78, 5) is 31.0. The van der Waals surface area contributed by atoms with Gasteiger partial charge in [0, 0.05) is 31.5 Å². The molecule has 1 heterocycles. The molecule has 0 aromatic heterocycles. The number of aliphatic imine (C=N–C) groups is 1. The average Bonchev–Trinajstić information content (AvgIpc) is 2.74. The van der Waals surface area contributed by atoms with Crippen molar-refractivity contribution < 1.29 is 9.59 Å². The Hall–Kier alpha value is -3.91. The quantitative estimate of drug-likeness (QED) is 0.809. The van der Waals surface area contributed by atoms with Gasteiger partial charge in [0.25, 0.3) is 0 Å². The molecule has 5 nitrogen and oxygen atoms in total. The predicted octanol–water partition coefficient (Wildman–Crippen LogP) is 3.09. The van der Waals surface area contributed by atoms with Crippen LogP contribution in [0.3, 0.4) is 0 Å². The second kappa shape index (κ2) is 8.62. The molecule has 0 atom stereocenters. The van der Waals surface area contributed by atoms with E-state index in [4.69, 9.17) is 5.73 Å². The van der Waals surface area contributed by atoms with E-state index in [9.17, 15) is 9.59 Å². The summed E-state index contributed by atoms with van der Waals surface area (Å²) in [7, 11) is 0. The summed E-state index contributed by atoms with van der Waals surface area (Å²) in [5, 5.41) is 0. The zero-order valence-corrected chi connectivity index (χ0v) is 16.5. The second-order valence-electron chi connectivity index (χ2n) is 7.29. The topological polar surface area (TPSA) is 75.8 Å². The Bertz CT molecular complexity index is 1150. The summed E-state index contributed by atoms with van der Waals surface area (Å²) in [5.41, 5.74) is 10.2. The van der Waals surface area contributed by atoms with Gasteiger partial charge in [-0.25, -0.2) is 4.99 Å². The highest BCUT2D eigenvalue weighted by atomic mass is 16.1. The highest BCUT2D eigenvalue weighted by Crippen LogP contribution is 2.27. The molecular weight excluding hydrogens is 374 g/mol. The van der Waals surface area contributed by atoms with Gasteiger partial charge >= 0.3 is 0 Å². The standard InChI is InChI=1S/C25H21N3O2/c26-25(30)24-19(11-6-9-18-7-2-1-3-8-18)13-22(29)14-21(24)16-28-15-20-10-4-5-12-23(20)27-17-28/h1-5,7-8,10,12-13,17H,9,14-16H2,(H2,26,30). The number of fused-ring (bicyclic) bond motifs is 1. The van der Waals surface area contributed by atoms with Gasteiger partial charge in [0.2, 0.25) is 5.91 Å². The molecule has 2 aliphatic rings. The Morgan fingerprint density at radius 2 is 1.87 bits per heavy atom. The number of para-hydroxylation sites is 1. The monoisotopic (exact) mass is 395 g/mol. The largest absolute Gasteiger partial charge is 0.366 e. The van der Waals surface area contributed by atoms with E-state index in [-0.39, 0.29) is 12.2 Å². The number of benzene rings is 2. The number of rotatable bonds is 4. The highest BCUT2D eigenvalue weighted by molar-refractivity contribution is 6.06. The summed E-state index contributed by atoms with van der Waals surface area (Å²) in [6, 6.07) is 17.7. The van der Waals surface area contributed by atoms with Gasteiger partial charge in [-0.2, -0.15) is 0 Å². The van der Waals surface area contributed by atoms with Crippen LogP contribution in [-0.2, 0) is 22.6 Å². The number of primary amides is 1. The van der Waals surface area contributed by atoms with Crippen LogP contribution in [-0.4, -0.2) is 29.5 Å². The highest BCUT2D eigenvalue weighted by Gasteiger charge is 2.25. The first-order chi connectivity index (χ1) is 14.6. The van der Waals surface area contributed by atoms with E-state index in [1.807, 2.05) is 59.5 Å². The number of allylic oxidation sites excluding steroid dienone is 1. The van der Waals surface area contributed by atoms with Crippen LogP contribution >= 0.6 is 0 Å². The molecule has 0 radical (unpaired) electrons. The van der Waals surface area contributed by atoms with Gasteiger partial charge in [-0.05, 0) is 28.8 Å². The molecule has 1 aliphatic carbocycles. The molecule has 0 fully saturated rings. The normalized spacial score (nSPS) is 15.3. The van der Waals surface area contributed by atoms with Crippen molar-refractivity contribution in [3.05, 3.63) is 88.5 Å². The van der Waals surface area contributed by atoms with Crippen molar-refractivity contribution in [2.75, 3.05) is 6.54 Å². The van der Waals surface area contributed by atoms with Gasteiger partial charge in [0.15, 0.2) is 5.78 Å². The fourth-order valence-electron chi connectivity index (χ4n) is 3.67. The van der Waals surface area contributed by atoms with E-state index in [2.05, 4.69) is 16.8 Å². The number of carbonyl (C=O) groups excluding carboxylic acids is 2. The lowest BCUT2D eigenvalue weighted by Gasteiger charge is -2.27. The van der Waals surface area contributed by atoms with Crippen molar-refractivity contribution in [2.24, 2.45) is 10.7 Å². The number of hydrogen-bond donors (Lipinski definition) is 1. The first-order valence-corrected chi connectivity index (χ1v) is 9.76. The molecule has 1 amide bonds. The number of ketones is 1. The van der Waals surface area contributed by atoms with Crippen molar-refractivity contribution in [1.82, 2.24) is 4.90 Å². The van der Waals surface area contributed by atoms with Gasteiger partial charge in [-0.1, -0.05) is 60.4 Å². The van der Waals surface area contributed by atoms with Gasteiger partial charge in [0.1, 0.15) is 0 Å². The van der Waals surface area contributed by atoms with Crippen LogP contribution in [0, 0.1) is 11.8 Å². The Balaban J connectivity index is 1.58. The van der Waals surface area contributed by atoms with E-state index in [0.29, 0.717) is 36.2 Å². The van der Waals surface area contributed by atoms with Gasteiger partial charge in [0.05, 0.1) is 17.6 Å². The maximum absolute atomic E-state index is 12.3. The van der Waals surface area contributed by atoms with E-state index < -0.39 is 5.91 Å². The maximum atomic E-state index is 12.3. The molecule has 0 spiro atoms. The lowest BCUT2D eigenvalue weighted by atomic mass is 9.89. The predicted molar refractivity (Wildman–Crippen MR) is 117 cm³/mol. The molecule has 4 rings (SSSR count). The van der Waals surface area contributed by atoms with E-state index >= 15 is 0 Å². The van der Waals surface area contributed by atoms with Crippen LogP contribution in [0.25, 0.3) is 0 Å². The van der Waals surface area contributed by atoms with Crippen molar-refractivity contribution in [2.45, 2.75) is 19.4 Å². The van der Waals surface area contributed by atoms with Crippen LogP contribution in [0.1, 0.15) is 17.5 Å². The first kappa shape index (κ1) is 19.4. The Kier molecular flexibility index (Phi) is 5.58. The summed E-state index contributed by atoms with van der Waals surface area (Å²) < 4.78 is 0. The third-order valence-corrected chi connectivity index (χ3v) is 5.04. The van der Waals surface area contributed by atoms with Crippen LogP contribution in [0.4, 0.5) is 5.69 Å². The second-order valence-corrected chi connectivity index (χ2v) is 7.29. The molecule has 2 aromatic carbocycles. The Morgan fingerprint density at radius 3 is 2.67 bits per heavy atom. The third kappa shape index (κ3) is 4.39. The minimum Gasteiger partial charge on any atom is -0.366 e. The smallest absolute Gasteiger partial charge is 0.250 e. The van der Waals surface area contributed by atoms with Crippen LogP contribution in [0.2, 0.25) is 0 Å². The van der Waals surface area contributed by atoms with Crippen molar-refractivity contribution >= 4 is 23.7 Å². The number of amides is 1. The first-order valence-electron chi connectivity index (χ1n) is 9.76. The zero-order chi connectivity index (χ0) is 20.9. The van der Waals surface area contributed by atoms with Gasteiger partial charge in [-0.3, -0.25) is 9.59 Å². The summed E-state index contributed by atoms with van der Waals surface area (Å²) >= 11 is 0. The molecule has 30 heavy (non-hydrogen) atoms. The fourth-order valence-corrected chi connectivity index (χ4v) is 3.67. The number of hydrogen-bond acceptors (Lipinski definition) is 4. The van der Waals surface area contributed by atoms with Gasteiger partial charge < -0.3 is 10.6 Å². The lowest BCUT2D eigenvalue weighted by molar-refractivity contribution is -0.114. The summed E-state index contributed by atoms with van der Waals surface area (Å²) in [5.74, 6) is 5.42. The SMILES string of the molecule is NC(=O)C1=C(CN2C=Nc3ccccc3C2)CC(=O)C=C1C#CCc1ccccc1. The molecular formula is C25H21N3O2. The molecule has 2 N–H and O–H groups in total. The molecule has 0 bridgehead atoms. The molecule has 5 heteroatoms. The van der Waals surface area contributed by atoms with Crippen molar-refractivity contribution in [3.8, 4) is 11.8 Å². The summed E-state index contributed by atoms with van der Waals surface area (Å²) in [6.07, 6.45) is 3.87. The van der Waals surface area contributed by atoms with Crippen LogP contribution in [0.15, 0.2) is 82.4 Å². The van der Waals surface area contributed by atoms with Crippen LogP contribution in [0.5, 0.6) is 0 Å². The molecule has 0 saturated carbocycles. The van der Waals surface area contributed by atoms with E-state index in [0.717, 1.165) is 16.8 Å². The molecule has 0 saturated heterocycles. The fraction of sp³-hybridized carbons (Fsp3) is 0.160. The van der Waals surface area contributed by atoms with Gasteiger partial charge in [-0.15, -0.1) is 0 Å². The van der Waals surface area contributed by atoms with E-state index in [1.165, 1.54) is 6.08 Å². The zero-order valence-electron chi connectivity index (χ0n) is 16.5. The summed E-state index contributed by atoms with van der Waals surface area (Å²) in [6.45, 7) is 1.06. The minimum atomic E-state index is -0.563. The minimum absolute atomic E-state index is 0.0756. The molecule has 1 aliphatic heterocycles. The number of nitrogens with zero attached hydrogens (tertiary/aromatic N) is 2. The molecule has 2 aromatic rings. The van der Waals surface area contributed by atoms with Crippen LogP contribution < -0.4 is 5.73 Å². The lowest BCUT2D eigenvalue weighted by Crippen LogP contribution is -2.30. The molecule has 0 unspecified atom stereocenters. The van der Waals surface area contributed by atoms with Crippen molar-refractivity contribution in [3.63, 3.8) is 0 Å². The van der Waals surface area contributed by atoms with Crippen molar-refractivity contribution in [1.29, 1.82) is 0 Å². The Labute approximate surface area is 175 Å². The number of carbonyl (C=O) groups is 2. The number of nitrogens with two attached hydrogens (primary N) is 1. The maximum Gasteiger partial charge on any atom is 0.250 e. The average molecular weight is 395 g/mol.